The summed E-state index contributed by atoms with van der Waals surface area (Å²) in [6, 6.07) is 16.0. The van der Waals surface area contributed by atoms with Gasteiger partial charge in [-0.15, -0.1) is 0 Å². The third kappa shape index (κ3) is 5.11. The van der Waals surface area contributed by atoms with Gasteiger partial charge in [0.05, 0.1) is 37.6 Å². The number of piperazine rings is 1. The smallest absolute Gasteiger partial charge is 0.240 e. The summed E-state index contributed by atoms with van der Waals surface area (Å²) in [6.45, 7) is 4.78. The maximum atomic E-state index is 12.7. The molecule has 1 fully saturated rings. The number of sulfonamides is 1. The molecule has 1 aliphatic heterocycles. The summed E-state index contributed by atoms with van der Waals surface area (Å²) in [4.78, 5) is 14.9. The molecule has 1 atom stereocenters. The van der Waals surface area contributed by atoms with E-state index in [1.165, 1.54) is 17.0 Å². The van der Waals surface area contributed by atoms with E-state index in [-0.39, 0.29) is 23.4 Å². The second-order valence-electron chi connectivity index (χ2n) is 6.93. The van der Waals surface area contributed by atoms with Gasteiger partial charge in [-0.2, -0.15) is 0 Å². The highest BCUT2D eigenvalue weighted by Gasteiger charge is 2.30. The molecule has 2 N–H and O–H groups in total. The van der Waals surface area contributed by atoms with Crippen molar-refractivity contribution in [2.45, 2.75) is 17.9 Å². The van der Waals surface area contributed by atoms with E-state index in [9.17, 15) is 13.2 Å². The van der Waals surface area contributed by atoms with Crippen LogP contribution in [0.5, 0.6) is 0 Å². The van der Waals surface area contributed by atoms with Gasteiger partial charge in [0.1, 0.15) is 6.04 Å². The number of rotatable bonds is 6. The number of nitrogens with zero attached hydrogens (tertiary/aromatic N) is 1. The van der Waals surface area contributed by atoms with Crippen LogP contribution in [0.3, 0.4) is 0 Å². The van der Waals surface area contributed by atoms with E-state index < -0.39 is 10.0 Å². The topological polar surface area (TPSA) is 70.9 Å². The van der Waals surface area contributed by atoms with E-state index in [0.717, 1.165) is 18.7 Å². The lowest BCUT2D eigenvalue weighted by atomic mass is 10.0. The fourth-order valence-corrected chi connectivity index (χ4v) is 4.70. The van der Waals surface area contributed by atoms with Crippen molar-refractivity contribution in [3.8, 4) is 0 Å². The molecule has 1 saturated heterocycles. The largest absolute Gasteiger partial charge is 0.332 e. The van der Waals surface area contributed by atoms with Crippen molar-refractivity contribution >= 4 is 27.5 Å². The van der Waals surface area contributed by atoms with E-state index in [4.69, 9.17) is 11.6 Å². The highest BCUT2D eigenvalue weighted by molar-refractivity contribution is 7.89. The molecule has 0 aliphatic carbocycles. The Morgan fingerprint density at radius 1 is 1.11 bits per heavy atom. The van der Waals surface area contributed by atoms with Gasteiger partial charge in [0.15, 0.2) is 0 Å². The second-order valence-corrected chi connectivity index (χ2v) is 9.14. The number of nitrogens with one attached hydrogen (secondary N) is 2. The lowest BCUT2D eigenvalue weighted by Crippen LogP contribution is -3.15. The Morgan fingerprint density at radius 2 is 1.71 bits per heavy atom. The van der Waals surface area contributed by atoms with Crippen LogP contribution in [0.2, 0.25) is 5.02 Å². The molecule has 0 aromatic heterocycles. The minimum Gasteiger partial charge on any atom is -0.332 e. The van der Waals surface area contributed by atoms with Gasteiger partial charge in [0.25, 0.3) is 0 Å². The molecule has 0 bridgehead atoms. The molecule has 1 amide bonds. The summed E-state index contributed by atoms with van der Waals surface area (Å²) in [5.41, 5.74) is 1.08. The molecular weight excluding hydrogens is 398 g/mol. The first-order valence-corrected chi connectivity index (χ1v) is 11.1. The molecule has 28 heavy (non-hydrogen) atoms. The van der Waals surface area contributed by atoms with Gasteiger partial charge in [-0.25, -0.2) is 13.1 Å². The van der Waals surface area contributed by atoms with E-state index in [1.54, 1.807) is 19.1 Å². The number of carbonyl (C=O) groups is 1. The number of carbonyl (C=O) groups excluding carboxylic acids is 1. The molecule has 3 rings (SSSR count). The van der Waals surface area contributed by atoms with Gasteiger partial charge in [-0.05, 0) is 24.3 Å². The van der Waals surface area contributed by atoms with E-state index in [1.807, 2.05) is 35.2 Å². The molecule has 2 aromatic carbocycles. The SMILES string of the molecule is CC(=O)N1CC[NH+]([C@H](CNS(=O)(=O)c2ccc(Cl)cc2)c2ccccc2)CC1. The van der Waals surface area contributed by atoms with Gasteiger partial charge < -0.3 is 9.80 Å². The lowest BCUT2D eigenvalue weighted by Gasteiger charge is -2.36. The molecule has 0 unspecified atom stereocenters. The van der Waals surface area contributed by atoms with Gasteiger partial charge in [-0.3, -0.25) is 4.79 Å². The predicted molar refractivity (Wildman–Crippen MR) is 109 cm³/mol. The van der Waals surface area contributed by atoms with Gasteiger partial charge in [0, 0.05) is 17.5 Å². The van der Waals surface area contributed by atoms with Crippen molar-refractivity contribution in [3.63, 3.8) is 0 Å². The molecular formula is C20H25ClN3O3S+. The van der Waals surface area contributed by atoms with Crippen molar-refractivity contribution < 1.29 is 18.1 Å². The maximum Gasteiger partial charge on any atom is 0.240 e. The van der Waals surface area contributed by atoms with Crippen LogP contribution < -0.4 is 9.62 Å². The summed E-state index contributed by atoms with van der Waals surface area (Å²) >= 11 is 5.86. The normalized spacial score (nSPS) is 16.7. The fourth-order valence-electron chi connectivity index (χ4n) is 3.53. The van der Waals surface area contributed by atoms with Crippen molar-refractivity contribution in [1.82, 2.24) is 9.62 Å². The number of hydrogen-bond acceptors (Lipinski definition) is 3. The highest BCUT2D eigenvalue weighted by Crippen LogP contribution is 2.15. The Labute approximate surface area is 171 Å². The number of quaternary nitrogens is 1. The number of hydrogen-bond donors (Lipinski definition) is 2. The van der Waals surface area contributed by atoms with Crippen molar-refractivity contribution in [2.75, 3.05) is 32.7 Å². The molecule has 0 radical (unpaired) electrons. The Bertz CT molecular complexity index is 896. The minimum absolute atomic E-state index is 0.0302. The first-order valence-electron chi connectivity index (χ1n) is 9.27. The zero-order valence-electron chi connectivity index (χ0n) is 15.8. The third-order valence-electron chi connectivity index (χ3n) is 5.15. The standard InChI is InChI=1S/C20H24ClN3O3S/c1-16(25)23-11-13-24(14-12-23)20(17-5-3-2-4-6-17)15-22-28(26,27)19-9-7-18(21)8-10-19/h2-10,20,22H,11-15H2,1H3/p+1/t20-/m1/s1. The Kier molecular flexibility index (Phi) is 6.72. The first-order chi connectivity index (χ1) is 13.4. The Balaban J connectivity index is 1.75. The van der Waals surface area contributed by atoms with Crippen molar-refractivity contribution in [2.24, 2.45) is 0 Å². The maximum absolute atomic E-state index is 12.7. The van der Waals surface area contributed by atoms with E-state index in [2.05, 4.69) is 4.72 Å². The molecule has 8 heteroatoms. The average molecular weight is 423 g/mol. The third-order valence-corrected chi connectivity index (χ3v) is 6.84. The summed E-state index contributed by atoms with van der Waals surface area (Å²) < 4.78 is 28.1. The molecule has 0 saturated carbocycles. The molecule has 2 aromatic rings. The Hall–Kier alpha value is -1.93. The van der Waals surface area contributed by atoms with Gasteiger partial charge in [0.2, 0.25) is 15.9 Å². The van der Waals surface area contributed by atoms with Crippen LogP contribution in [0, 0.1) is 0 Å². The quantitative estimate of drug-likeness (QED) is 0.732. The summed E-state index contributed by atoms with van der Waals surface area (Å²) in [7, 11) is -3.63. The minimum atomic E-state index is -3.63. The molecule has 0 spiro atoms. The van der Waals surface area contributed by atoms with Crippen molar-refractivity contribution in [3.05, 3.63) is 65.2 Å². The molecule has 1 aliphatic rings. The predicted octanol–water partition coefficient (Wildman–Crippen LogP) is 1.11. The fraction of sp³-hybridized carbons (Fsp3) is 0.350. The number of halogens is 1. The zero-order valence-corrected chi connectivity index (χ0v) is 17.3. The van der Waals surface area contributed by atoms with Crippen LogP contribution in [0.1, 0.15) is 18.5 Å². The van der Waals surface area contributed by atoms with Crippen LogP contribution in [-0.2, 0) is 14.8 Å². The van der Waals surface area contributed by atoms with Crippen LogP contribution in [0.4, 0.5) is 0 Å². The van der Waals surface area contributed by atoms with Gasteiger partial charge >= 0.3 is 0 Å². The lowest BCUT2D eigenvalue weighted by molar-refractivity contribution is -0.934. The average Bonchev–Trinajstić information content (AvgIpc) is 2.69. The van der Waals surface area contributed by atoms with E-state index >= 15 is 0 Å². The van der Waals surface area contributed by atoms with Crippen LogP contribution in [0.25, 0.3) is 0 Å². The van der Waals surface area contributed by atoms with E-state index in [0.29, 0.717) is 18.1 Å². The Morgan fingerprint density at radius 3 is 2.29 bits per heavy atom. The monoisotopic (exact) mass is 422 g/mol. The molecule has 1 heterocycles. The second kappa shape index (κ2) is 9.05. The summed E-state index contributed by atoms with van der Waals surface area (Å²) in [5.74, 6) is 0.0822. The number of amides is 1. The van der Waals surface area contributed by atoms with Crippen LogP contribution in [-0.4, -0.2) is 51.9 Å². The molecule has 150 valence electrons. The summed E-state index contributed by atoms with van der Waals surface area (Å²) in [5, 5.41) is 0.494. The van der Waals surface area contributed by atoms with Crippen molar-refractivity contribution in [1.29, 1.82) is 0 Å². The number of benzene rings is 2. The highest BCUT2D eigenvalue weighted by atomic mass is 35.5. The first kappa shape index (κ1) is 20.8. The van der Waals surface area contributed by atoms with Crippen LogP contribution in [0.15, 0.2) is 59.5 Å². The van der Waals surface area contributed by atoms with Crippen LogP contribution >= 0.6 is 11.6 Å². The molecule has 6 nitrogen and oxygen atoms in total. The zero-order chi connectivity index (χ0) is 20.1. The summed E-state index contributed by atoms with van der Waals surface area (Å²) in [6.07, 6.45) is 0. The van der Waals surface area contributed by atoms with Gasteiger partial charge in [-0.1, -0.05) is 41.9 Å².